The Kier molecular flexibility index (Phi) is 10.3. The molecule has 0 aliphatic rings. The van der Waals surface area contributed by atoms with E-state index in [-0.39, 0.29) is 13.2 Å². The van der Waals surface area contributed by atoms with E-state index in [1.807, 2.05) is 73.1 Å². The Labute approximate surface area is 263 Å². The van der Waals surface area contributed by atoms with Gasteiger partial charge in [-0.25, -0.2) is 0 Å². The fourth-order valence-corrected chi connectivity index (χ4v) is 5.62. The van der Waals surface area contributed by atoms with Crippen molar-refractivity contribution in [3.63, 3.8) is 0 Å². The maximum atomic E-state index is 9.29. The second-order valence-electron chi connectivity index (χ2n) is 9.74. The number of benzene rings is 4. The van der Waals surface area contributed by atoms with E-state index in [0.29, 0.717) is 13.1 Å². The molecule has 6 rings (SSSR count). The van der Waals surface area contributed by atoms with E-state index >= 15 is 0 Å². The van der Waals surface area contributed by atoms with Gasteiger partial charge in [-0.1, -0.05) is 117 Å². The van der Waals surface area contributed by atoms with Crippen molar-refractivity contribution in [3.8, 4) is 44.8 Å². The number of rotatable bonds is 8. The van der Waals surface area contributed by atoms with E-state index in [4.69, 9.17) is 0 Å². The van der Waals surface area contributed by atoms with Crippen molar-refractivity contribution in [3.05, 3.63) is 143 Å². The van der Waals surface area contributed by atoms with Crippen molar-refractivity contribution in [2.24, 2.45) is 0 Å². The summed E-state index contributed by atoms with van der Waals surface area (Å²) in [5.41, 5.74) is 9.33. The predicted octanol–water partition coefficient (Wildman–Crippen LogP) is 9.15. The summed E-state index contributed by atoms with van der Waals surface area (Å²) < 4.78 is 6.33. The standard InChI is InChI=1S/2C18H16BrNO/c2*19-16-8-6-15(7-9-16)18-17(10-11-20(18)12-13-21)14-4-2-1-3-5-14/h2*1-11,21H,12-13H2. The summed E-state index contributed by atoms with van der Waals surface area (Å²) in [6.07, 6.45) is 4.08. The summed E-state index contributed by atoms with van der Waals surface area (Å²) in [5.74, 6) is 0. The SMILES string of the molecule is OCCn1ccc(-c2ccccc2)c1-c1ccc(Br)cc1.OCCn1ccc(-c2ccccc2)c1-c1ccc(Br)cc1. The highest BCUT2D eigenvalue weighted by atomic mass is 79.9. The molecule has 0 spiro atoms. The molecule has 0 aliphatic heterocycles. The molecule has 0 fully saturated rings. The number of aliphatic hydroxyl groups excluding tert-OH is 2. The van der Waals surface area contributed by atoms with E-state index in [1.165, 1.54) is 22.3 Å². The largest absolute Gasteiger partial charge is 0.395 e. The van der Waals surface area contributed by atoms with Crippen molar-refractivity contribution < 1.29 is 10.2 Å². The van der Waals surface area contributed by atoms with Crippen molar-refractivity contribution >= 4 is 31.9 Å². The van der Waals surface area contributed by atoms with E-state index < -0.39 is 0 Å². The molecule has 0 bridgehead atoms. The van der Waals surface area contributed by atoms with E-state index in [9.17, 15) is 10.2 Å². The molecule has 0 saturated carbocycles. The topological polar surface area (TPSA) is 50.3 Å². The zero-order valence-corrected chi connectivity index (χ0v) is 26.2. The maximum absolute atomic E-state index is 9.29. The number of hydrogen-bond donors (Lipinski definition) is 2. The maximum Gasteiger partial charge on any atom is 0.0610 e. The number of nitrogens with zero attached hydrogens (tertiary/aromatic N) is 2. The molecule has 2 N–H and O–H groups in total. The van der Waals surface area contributed by atoms with Gasteiger partial charge in [-0.15, -0.1) is 0 Å². The molecule has 0 amide bonds. The lowest BCUT2D eigenvalue weighted by Gasteiger charge is -2.11. The molecule has 0 unspecified atom stereocenters. The van der Waals surface area contributed by atoms with Crippen LogP contribution in [0.3, 0.4) is 0 Å². The van der Waals surface area contributed by atoms with Gasteiger partial charge in [0.2, 0.25) is 0 Å². The number of hydrogen-bond acceptors (Lipinski definition) is 2. The lowest BCUT2D eigenvalue weighted by molar-refractivity contribution is 0.276. The van der Waals surface area contributed by atoms with Crippen LogP contribution in [0.25, 0.3) is 44.8 Å². The van der Waals surface area contributed by atoms with Crippen LogP contribution in [-0.4, -0.2) is 32.6 Å². The van der Waals surface area contributed by atoms with Gasteiger partial charge < -0.3 is 19.3 Å². The van der Waals surface area contributed by atoms with E-state index in [0.717, 1.165) is 31.5 Å². The fourth-order valence-electron chi connectivity index (χ4n) is 5.09. The third kappa shape index (κ3) is 7.02. The normalized spacial score (nSPS) is 10.8. The first-order chi connectivity index (χ1) is 20.6. The minimum atomic E-state index is 0.131. The van der Waals surface area contributed by atoms with Crippen LogP contribution in [0.15, 0.2) is 143 Å². The highest BCUT2D eigenvalue weighted by Gasteiger charge is 2.14. The minimum Gasteiger partial charge on any atom is -0.395 e. The molecule has 6 aromatic rings. The third-order valence-electron chi connectivity index (χ3n) is 7.01. The first-order valence-electron chi connectivity index (χ1n) is 13.8. The quantitative estimate of drug-likeness (QED) is 0.168. The second kappa shape index (κ2) is 14.5. The zero-order valence-electron chi connectivity index (χ0n) is 23.1. The Bertz CT molecular complexity index is 1560. The van der Waals surface area contributed by atoms with E-state index in [1.54, 1.807) is 0 Å². The Hall–Kier alpha value is -3.68. The summed E-state index contributed by atoms with van der Waals surface area (Å²) in [6.45, 7) is 1.45. The first-order valence-corrected chi connectivity index (χ1v) is 15.4. The summed E-state index contributed by atoms with van der Waals surface area (Å²) in [5, 5.41) is 18.6. The van der Waals surface area contributed by atoms with Gasteiger partial charge in [0, 0.05) is 45.6 Å². The molecular formula is C36H32Br2N2O2. The van der Waals surface area contributed by atoms with Crippen LogP contribution in [0.4, 0.5) is 0 Å². The first kappa shape index (κ1) is 29.8. The summed E-state index contributed by atoms with van der Waals surface area (Å²) in [4.78, 5) is 0. The molecule has 0 atom stereocenters. The molecule has 2 aromatic heterocycles. The van der Waals surface area contributed by atoms with Gasteiger partial charge in [-0.3, -0.25) is 0 Å². The van der Waals surface area contributed by atoms with Gasteiger partial charge in [0.15, 0.2) is 0 Å². The van der Waals surface area contributed by atoms with Crippen LogP contribution in [-0.2, 0) is 13.1 Å². The second-order valence-corrected chi connectivity index (χ2v) is 11.6. The van der Waals surface area contributed by atoms with Gasteiger partial charge in [0.25, 0.3) is 0 Å². The lowest BCUT2D eigenvalue weighted by Crippen LogP contribution is -2.02. The Morgan fingerprint density at radius 3 is 1.12 bits per heavy atom. The van der Waals surface area contributed by atoms with Gasteiger partial charge in [-0.05, 0) is 58.7 Å². The minimum absolute atomic E-state index is 0.131. The molecule has 4 nitrogen and oxygen atoms in total. The van der Waals surface area contributed by atoms with Crippen LogP contribution in [0.1, 0.15) is 0 Å². The zero-order chi connectivity index (χ0) is 29.3. The molecule has 0 aliphatic carbocycles. The van der Waals surface area contributed by atoms with Crippen LogP contribution >= 0.6 is 31.9 Å². The van der Waals surface area contributed by atoms with Crippen molar-refractivity contribution in [1.82, 2.24) is 9.13 Å². The summed E-state index contributed by atoms with van der Waals surface area (Å²) in [6, 6.07) is 41.5. The van der Waals surface area contributed by atoms with Crippen molar-refractivity contribution in [2.75, 3.05) is 13.2 Å². The molecular weight excluding hydrogens is 652 g/mol. The Morgan fingerprint density at radius 1 is 0.429 bits per heavy atom. The van der Waals surface area contributed by atoms with Gasteiger partial charge >= 0.3 is 0 Å². The highest BCUT2D eigenvalue weighted by molar-refractivity contribution is 9.10. The van der Waals surface area contributed by atoms with Crippen molar-refractivity contribution in [1.29, 1.82) is 0 Å². The fraction of sp³-hybridized carbons (Fsp3) is 0.111. The number of aromatic nitrogens is 2. The molecule has 0 radical (unpaired) electrons. The van der Waals surface area contributed by atoms with E-state index in [2.05, 4.69) is 102 Å². The van der Waals surface area contributed by atoms with Crippen LogP contribution in [0, 0.1) is 0 Å². The average molecular weight is 684 g/mol. The average Bonchev–Trinajstić information content (AvgIpc) is 3.64. The van der Waals surface area contributed by atoms with Crippen molar-refractivity contribution in [2.45, 2.75) is 13.1 Å². The smallest absolute Gasteiger partial charge is 0.0610 e. The van der Waals surface area contributed by atoms with Gasteiger partial charge in [0.05, 0.1) is 24.6 Å². The highest BCUT2D eigenvalue weighted by Crippen LogP contribution is 2.35. The molecule has 42 heavy (non-hydrogen) atoms. The molecule has 6 heteroatoms. The van der Waals surface area contributed by atoms with Gasteiger partial charge in [-0.2, -0.15) is 0 Å². The Morgan fingerprint density at radius 2 is 0.786 bits per heavy atom. The molecule has 4 aromatic carbocycles. The number of halogens is 2. The molecule has 0 saturated heterocycles. The predicted molar refractivity (Wildman–Crippen MR) is 180 cm³/mol. The van der Waals surface area contributed by atoms with Crippen LogP contribution in [0.2, 0.25) is 0 Å². The third-order valence-corrected chi connectivity index (χ3v) is 8.07. The molecule has 212 valence electrons. The Balaban J connectivity index is 0.000000168. The monoisotopic (exact) mass is 682 g/mol. The van der Waals surface area contributed by atoms with Crippen LogP contribution < -0.4 is 0 Å². The summed E-state index contributed by atoms with van der Waals surface area (Å²) in [7, 11) is 0. The number of aliphatic hydroxyl groups is 2. The lowest BCUT2D eigenvalue weighted by atomic mass is 10.0. The molecule has 2 heterocycles. The summed E-state index contributed by atoms with van der Waals surface area (Å²) >= 11 is 6.95. The van der Waals surface area contributed by atoms with Crippen LogP contribution in [0.5, 0.6) is 0 Å². The van der Waals surface area contributed by atoms with Gasteiger partial charge in [0.1, 0.15) is 0 Å².